The fourth-order valence-corrected chi connectivity index (χ4v) is 2.68. The number of fused-ring (bicyclic) bond motifs is 1. The second-order valence-electron chi connectivity index (χ2n) is 5.53. The lowest BCUT2D eigenvalue weighted by molar-refractivity contribution is -0.274. The van der Waals surface area contributed by atoms with Crippen molar-refractivity contribution < 1.29 is 22.7 Å². The van der Waals surface area contributed by atoms with Gasteiger partial charge in [0.1, 0.15) is 5.75 Å². The summed E-state index contributed by atoms with van der Waals surface area (Å²) in [6.45, 7) is 0.712. The monoisotopic (exact) mass is 356 g/mol. The first-order valence-corrected chi connectivity index (χ1v) is 7.52. The Morgan fingerprint density at radius 1 is 1.20 bits per heavy atom. The molecule has 0 atom stereocenters. The molecule has 10 heteroatoms. The predicted molar refractivity (Wildman–Crippen MR) is 82.5 cm³/mol. The highest BCUT2D eigenvalue weighted by atomic mass is 19.4. The zero-order chi connectivity index (χ0) is 18.0. The van der Waals surface area contributed by atoms with Gasteiger partial charge in [0.2, 0.25) is 0 Å². The third-order valence-electron chi connectivity index (χ3n) is 3.83. The number of H-pyrrole nitrogens is 2. The number of hydrogen-bond donors (Lipinski definition) is 3. The average Bonchev–Trinajstić information content (AvgIpc) is 2.75. The summed E-state index contributed by atoms with van der Waals surface area (Å²) in [6, 6.07) is 4.60. The number of rotatable bonds is 2. The Morgan fingerprint density at radius 2 is 1.96 bits per heavy atom. The van der Waals surface area contributed by atoms with E-state index in [1.807, 2.05) is 0 Å². The van der Waals surface area contributed by atoms with E-state index >= 15 is 0 Å². The van der Waals surface area contributed by atoms with Crippen LogP contribution < -0.4 is 15.6 Å². The van der Waals surface area contributed by atoms with E-state index in [0.717, 1.165) is 17.8 Å². The molecule has 0 unspecified atom stereocenters. The zero-order valence-corrected chi connectivity index (χ0v) is 12.9. The van der Waals surface area contributed by atoms with Crippen LogP contribution in [0.15, 0.2) is 29.1 Å². The van der Waals surface area contributed by atoms with E-state index < -0.39 is 18.1 Å². The average molecular weight is 356 g/mol. The van der Waals surface area contributed by atoms with Crippen molar-refractivity contribution in [3.05, 3.63) is 45.9 Å². The lowest BCUT2D eigenvalue weighted by Crippen LogP contribution is -2.37. The number of nitrogens with one attached hydrogen (secondary N) is 3. The molecular weight excluding hydrogens is 341 g/mol. The van der Waals surface area contributed by atoms with Gasteiger partial charge in [-0.3, -0.25) is 9.89 Å². The van der Waals surface area contributed by atoms with Gasteiger partial charge in [0.25, 0.3) is 5.56 Å². The van der Waals surface area contributed by atoms with Crippen molar-refractivity contribution in [2.45, 2.75) is 19.2 Å². The summed E-state index contributed by atoms with van der Waals surface area (Å²) in [5.74, 6) is -0.414. The molecule has 1 aliphatic rings. The van der Waals surface area contributed by atoms with E-state index in [1.54, 1.807) is 0 Å². The third kappa shape index (κ3) is 4.14. The lowest BCUT2D eigenvalue weighted by atomic mass is 10.2. The number of carbonyl (C=O) groups is 1. The van der Waals surface area contributed by atoms with Gasteiger partial charge in [0.05, 0.1) is 0 Å². The molecule has 0 spiro atoms. The first-order valence-electron chi connectivity index (χ1n) is 7.52. The van der Waals surface area contributed by atoms with Crippen molar-refractivity contribution in [1.82, 2.24) is 15.1 Å². The molecule has 3 N–H and O–H groups in total. The van der Waals surface area contributed by atoms with Crippen LogP contribution in [0.2, 0.25) is 0 Å². The lowest BCUT2D eigenvalue weighted by Gasteiger charge is -2.21. The standard InChI is InChI=1S/C15H15F3N4O3/c16-15(17,18)25-10-3-1-2-9(8-10)19-14(24)22-6-4-11-12(5-7-22)20-21-13(11)23/h1-3,8H,4-7H2,(H,19,24)(H2,20,21,23). The number of anilines is 1. The Morgan fingerprint density at radius 3 is 2.72 bits per heavy atom. The van der Waals surface area contributed by atoms with Crippen LogP contribution in [0.3, 0.4) is 0 Å². The molecule has 2 heterocycles. The van der Waals surface area contributed by atoms with Crippen molar-refractivity contribution in [3.8, 4) is 5.75 Å². The minimum Gasteiger partial charge on any atom is -0.406 e. The molecule has 0 radical (unpaired) electrons. The molecule has 1 aromatic carbocycles. The number of alkyl halides is 3. The Bertz CT molecular complexity index is 828. The summed E-state index contributed by atoms with van der Waals surface area (Å²) in [5.41, 5.74) is 1.37. The maximum atomic E-state index is 12.3. The molecule has 0 aliphatic carbocycles. The molecule has 1 aromatic heterocycles. The van der Waals surface area contributed by atoms with Gasteiger partial charge < -0.3 is 20.1 Å². The largest absolute Gasteiger partial charge is 0.573 e. The number of nitrogens with zero attached hydrogens (tertiary/aromatic N) is 1. The molecule has 25 heavy (non-hydrogen) atoms. The predicted octanol–water partition coefficient (Wildman–Crippen LogP) is 2.23. The first-order chi connectivity index (χ1) is 11.8. The number of ether oxygens (including phenoxy) is 1. The molecule has 1 aliphatic heterocycles. The van der Waals surface area contributed by atoms with E-state index in [0.29, 0.717) is 31.5 Å². The highest BCUT2D eigenvalue weighted by Crippen LogP contribution is 2.25. The molecule has 2 amide bonds. The van der Waals surface area contributed by atoms with E-state index in [4.69, 9.17) is 0 Å². The molecule has 3 rings (SSSR count). The summed E-state index contributed by atoms with van der Waals surface area (Å²) in [7, 11) is 0. The third-order valence-corrected chi connectivity index (χ3v) is 3.83. The zero-order valence-electron chi connectivity index (χ0n) is 12.9. The number of amides is 2. The molecule has 0 saturated heterocycles. The van der Waals surface area contributed by atoms with E-state index in [-0.39, 0.29) is 11.2 Å². The molecule has 134 valence electrons. The Kier molecular flexibility index (Phi) is 4.43. The highest BCUT2D eigenvalue weighted by Gasteiger charge is 2.31. The second kappa shape index (κ2) is 6.54. The van der Waals surface area contributed by atoms with Crippen molar-refractivity contribution in [3.63, 3.8) is 0 Å². The van der Waals surface area contributed by atoms with Crippen LogP contribution in [0.5, 0.6) is 5.75 Å². The molecule has 0 saturated carbocycles. The number of urea groups is 1. The van der Waals surface area contributed by atoms with Crippen molar-refractivity contribution in [2.75, 3.05) is 18.4 Å². The topological polar surface area (TPSA) is 90.2 Å². The van der Waals surface area contributed by atoms with Crippen molar-refractivity contribution in [2.24, 2.45) is 0 Å². The summed E-state index contributed by atoms with van der Waals surface area (Å²) < 4.78 is 40.6. The fourth-order valence-electron chi connectivity index (χ4n) is 2.68. The Balaban J connectivity index is 1.65. The van der Waals surface area contributed by atoms with Crippen LogP contribution in [-0.2, 0) is 12.8 Å². The van der Waals surface area contributed by atoms with Gasteiger partial charge in [-0.15, -0.1) is 13.2 Å². The minimum atomic E-state index is -4.80. The van der Waals surface area contributed by atoms with E-state index in [1.165, 1.54) is 17.0 Å². The van der Waals surface area contributed by atoms with E-state index in [9.17, 15) is 22.8 Å². The van der Waals surface area contributed by atoms with Gasteiger partial charge in [-0.05, 0) is 18.6 Å². The van der Waals surface area contributed by atoms with Crippen molar-refractivity contribution in [1.29, 1.82) is 0 Å². The van der Waals surface area contributed by atoms with Crippen LogP contribution in [0, 0.1) is 0 Å². The number of carbonyl (C=O) groups excluding carboxylic acids is 1. The smallest absolute Gasteiger partial charge is 0.406 e. The fraction of sp³-hybridized carbons (Fsp3) is 0.333. The molecule has 2 aromatic rings. The highest BCUT2D eigenvalue weighted by molar-refractivity contribution is 5.89. The van der Waals surface area contributed by atoms with E-state index in [2.05, 4.69) is 20.3 Å². The van der Waals surface area contributed by atoms with Gasteiger partial charge in [-0.2, -0.15) is 0 Å². The summed E-state index contributed by atoms with van der Waals surface area (Å²) >= 11 is 0. The Hall–Kier alpha value is -2.91. The van der Waals surface area contributed by atoms with Gasteiger partial charge in [-0.25, -0.2) is 4.79 Å². The SMILES string of the molecule is O=C(Nc1cccc(OC(F)(F)F)c1)N1CCc2[nH][nH]c(=O)c2CC1. The Labute approximate surface area is 139 Å². The number of aromatic amines is 2. The summed E-state index contributed by atoms with van der Waals surface area (Å²) in [5, 5.41) is 7.84. The van der Waals surface area contributed by atoms with Crippen LogP contribution in [0.4, 0.5) is 23.7 Å². The van der Waals surface area contributed by atoms with Gasteiger partial charge in [0, 0.05) is 42.5 Å². The summed E-state index contributed by atoms with van der Waals surface area (Å²) in [6.07, 6.45) is -3.91. The van der Waals surface area contributed by atoms with Gasteiger partial charge in [-0.1, -0.05) is 6.07 Å². The molecule has 7 nitrogen and oxygen atoms in total. The quantitative estimate of drug-likeness (QED) is 0.771. The molecular formula is C15H15F3N4O3. The molecule has 0 bridgehead atoms. The number of hydrogen-bond acceptors (Lipinski definition) is 3. The first kappa shape index (κ1) is 16.9. The number of benzene rings is 1. The second-order valence-corrected chi connectivity index (χ2v) is 5.53. The van der Waals surface area contributed by atoms with Gasteiger partial charge in [0.15, 0.2) is 0 Å². The maximum Gasteiger partial charge on any atom is 0.573 e. The summed E-state index contributed by atoms with van der Waals surface area (Å²) in [4.78, 5) is 25.5. The van der Waals surface area contributed by atoms with Gasteiger partial charge >= 0.3 is 12.4 Å². The van der Waals surface area contributed by atoms with Crippen LogP contribution in [-0.4, -0.2) is 40.6 Å². The minimum absolute atomic E-state index is 0.187. The van der Waals surface area contributed by atoms with Crippen molar-refractivity contribution >= 4 is 11.7 Å². The van der Waals surface area contributed by atoms with Crippen LogP contribution in [0.25, 0.3) is 0 Å². The normalized spacial score (nSPS) is 14.6. The number of halogens is 3. The van der Waals surface area contributed by atoms with Crippen LogP contribution in [0.1, 0.15) is 11.3 Å². The number of aromatic nitrogens is 2. The maximum absolute atomic E-state index is 12.3. The molecule has 0 fully saturated rings. The van der Waals surface area contributed by atoms with Crippen LogP contribution >= 0.6 is 0 Å².